The third-order valence-corrected chi connectivity index (χ3v) is 3.29. The summed E-state index contributed by atoms with van der Waals surface area (Å²) >= 11 is 6.39. The minimum absolute atomic E-state index is 0.0974. The molecule has 0 aliphatic heterocycles. The summed E-state index contributed by atoms with van der Waals surface area (Å²) in [6.45, 7) is 0. The van der Waals surface area contributed by atoms with E-state index in [9.17, 15) is 9.90 Å². The molecule has 88 valence electrons. The van der Waals surface area contributed by atoms with E-state index in [0.717, 1.165) is 5.56 Å². The van der Waals surface area contributed by atoms with Crippen LogP contribution in [0.15, 0.2) is 21.1 Å². The molecule has 1 aromatic carbocycles. The molecule has 0 spiro atoms. The van der Waals surface area contributed by atoms with E-state index in [1.165, 1.54) is 7.11 Å². The van der Waals surface area contributed by atoms with Crippen molar-refractivity contribution in [2.24, 2.45) is 5.73 Å². The predicted molar refractivity (Wildman–Crippen MR) is 67.1 cm³/mol. The highest BCUT2D eigenvalue weighted by atomic mass is 79.9. The van der Waals surface area contributed by atoms with Gasteiger partial charge in [0.25, 0.3) is 0 Å². The van der Waals surface area contributed by atoms with Crippen LogP contribution in [-0.2, 0) is 9.53 Å². The number of carbonyl (C=O) groups excluding carboxylic acids is 1. The van der Waals surface area contributed by atoms with Crippen molar-refractivity contribution in [3.8, 4) is 5.75 Å². The fourth-order valence-corrected chi connectivity index (χ4v) is 2.40. The number of benzene rings is 1. The van der Waals surface area contributed by atoms with Crippen LogP contribution in [0.25, 0.3) is 0 Å². The van der Waals surface area contributed by atoms with Crippen LogP contribution in [0, 0.1) is 0 Å². The zero-order valence-corrected chi connectivity index (χ0v) is 11.7. The van der Waals surface area contributed by atoms with E-state index in [2.05, 4.69) is 36.6 Å². The molecule has 6 heteroatoms. The zero-order chi connectivity index (χ0) is 12.3. The Bertz CT molecular complexity index is 386. The molecule has 16 heavy (non-hydrogen) atoms. The number of rotatable bonds is 3. The van der Waals surface area contributed by atoms with Crippen molar-refractivity contribution < 1.29 is 14.6 Å². The molecule has 0 aliphatic carbocycles. The normalized spacial score (nSPS) is 12.2. The number of ether oxygens (including phenoxy) is 1. The first-order valence-electron chi connectivity index (χ1n) is 4.46. The Hall–Kier alpha value is -0.590. The molecular formula is C10H11Br2NO3. The molecule has 4 nitrogen and oxygen atoms in total. The van der Waals surface area contributed by atoms with Crippen LogP contribution >= 0.6 is 31.9 Å². The lowest BCUT2D eigenvalue weighted by Gasteiger charge is -2.12. The fraction of sp³-hybridized carbons (Fsp3) is 0.300. The lowest BCUT2D eigenvalue weighted by atomic mass is 10.0. The molecule has 1 rings (SSSR count). The number of halogens is 2. The minimum Gasteiger partial charge on any atom is -0.506 e. The highest BCUT2D eigenvalue weighted by Crippen LogP contribution is 2.35. The Morgan fingerprint density at radius 2 is 2.00 bits per heavy atom. The van der Waals surface area contributed by atoms with Gasteiger partial charge in [-0.1, -0.05) is 0 Å². The Labute approximate surface area is 110 Å². The average Bonchev–Trinajstić information content (AvgIpc) is 2.24. The van der Waals surface area contributed by atoms with E-state index < -0.39 is 6.04 Å². The van der Waals surface area contributed by atoms with E-state index in [0.29, 0.717) is 8.95 Å². The van der Waals surface area contributed by atoms with E-state index in [1.807, 2.05) is 0 Å². The van der Waals surface area contributed by atoms with Gasteiger partial charge < -0.3 is 15.6 Å². The van der Waals surface area contributed by atoms with Gasteiger partial charge >= 0.3 is 5.97 Å². The van der Waals surface area contributed by atoms with Crippen molar-refractivity contribution in [3.63, 3.8) is 0 Å². The molecule has 1 atom stereocenters. The van der Waals surface area contributed by atoms with Gasteiger partial charge in [-0.05, 0) is 49.6 Å². The highest BCUT2D eigenvalue weighted by Gasteiger charge is 2.15. The number of aromatic hydroxyl groups is 1. The molecule has 0 saturated carbocycles. The van der Waals surface area contributed by atoms with Gasteiger partial charge in [-0.15, -0.1) is 0 Å². The summed E-state index contributed by atoms with van der Waals surface area (Å²) in [5.74, 6) is -0.262. The number of phenols is 1. The number of hydrogen-bond acceptors (Lipinski definition) is 4. The number of hydrogen-bond donors (Lipinski definition) is 2. The van der Waals surface area contributed by atoms with Crippen molar-refractivity contribution in [1.29, 1.82) is 0 Å². The molecule has 0 unspecified atom stereocenters. The van der Waals surface area contributed by atoms with Crippen molar-refractivity contribution in [3.05, 3.63) is 26.6 Å². The number of nitrogens with two attached hydrogens (primary N) is 1. The van der Waals surface area contributed by atoms with Gasteiger partial charge in [0, 0.05) is 6.04 Å². The van der Waals surface area contributed by atoms with Crippen LogP contribution in [0.4, 0.5) is 0 Å². The molecule has 0 saturated heterocycles. The van der Waals surface area contributed by atoms with Crippen molar-refractivity contribution in [2.75, 3.05) is 7.11 Å². The summed E-state index contributed by atoms with van der Waals surface area (Å²) in [5.41, 5.74) is 6.57. The maximum absolute atomic E-state index is 11.1. The fourth-order valence-electron chi connectivity index (χ4n) is 1.18. The zero-order valence-electron chi connectivity index (χ0n) is 8.54. The molecule has 0 radical (unpaired) electrons. The SMILES string of the molecule is COC(=O)C[C@H](N)c1cc(Br)c(O)c(Br)c1. The highest BCUT2D eigenvalue weighted by molar-refractivity contribution is 9.11. The van der Waals surface area contributed by atoms with Crippen LogP contribution in [0.3, 0.4) is 0 Å². The predicted octanol–water partition coefficient (Wildman–Crippen LogP) is 2.48. The lowest BCUT2D eigenvalue weighted by Crippen LogP contribution is -2.16. The van der Waals surface area contributed by atoms with Gasteiger partial charge in [0.15, 0.2) is 0 Å². The second kappa shape index (κ2) is 5.65. The number of methoxy groups -OCH3 is 1. The van der Waals surface area contributed by atoms with Crippen LogP contribution in [0.5, 0.6) is 5.75 Å². The third-order valence-electron chi connectivity index (χ3n) is 2.08. The maximum atomic E-state index is 11.1. The van der Waals surface area contributed by atoms with Gasteiger partial charge in [-0.25, -0.2) is 0 Å². The Kier molecular flexibility index (Phi) is 4.76. The van der Waals surface area contributed by atoms with Crippen molar-refractivity contribution >= 4 is 37.8 Å². The number of carbonyl (C=O) groups is 1. The summed E-state index contributed by atoms with van der Waals surface area (Å²) in [5, 5.41) is 9.51. The molecule has 0 aromatic heterocycles. The van der Waals surface area contributed by atoms with Crippen LogP contribution in [0.1, 0.15) is 18.0 Å². The lowest BCUT2D eigenvalue weighted by molar-refractivity contribution is -0.141. The van der Waals surface area contributed by atoms with Gasteiger partial charge in [-0.3, -0.25) is 4.79 Å². The summed E-state index contributed by atoms with van der Waals surface area (Å²) < 4.78 is 5.59. The summed E-state index contributed by atoms with van der Waals surface area (Å²) in [7, 11) is 1.32. The van der Waals surface area contributed by atoms with E-state index in [1.54, 1.807) is 12.1 Å². The van der Waals surface area contributed by atoms with Gasteiger partial charge in [-0.2, -0.15) is 0 Å². The number of esters is 1. The minimum atomic E-state index is -0.458. The first kappa shape index (κ1) is 13.5. The van der Waals surface area contributed by atoms with Crippen molar-refractivity contribution in [1.82, 2.24) is 0 Å². The largest absolute Gasteiger partial charge is 0.506 e. The summed E-state index contributed by atoms with van der Waals surface area (Å²) in [6, 6.07) is 2.89. The summed E-state index contributed by atoms with van der Waals surface area (Å²) in [6.07, 6.45) is 0.0974. The van der Waals surface area contributed by atoms with Gasteiger partial charge in [0.1, 0.15) is 5.75 Å². The van der Waals surface area contributed by atoms with E-state index in [-0.39, 0.29) is 18.1 Å². The second-order valence-corrected chi connectivity index (χ2v) is 4.93. The van der Waals surface area contributed by atoms with Crippen LogP contribution < -0.4 is 5.73 Å². The Morgan fingerprint density at radius 3 is 2.44 bits per heavy atom. The molecule has 0 fully saturated rings. The third kappa shape index (κ3) is 3.20. The standard InChI is InChI=1S/C10H11Br2NO3/c1-16-9(14)4-8(13)5-2-6(11)10(15)7(12)3-5/h2-3,8,15H,4,13H2,1H3/t8-/m0/s1. The first-order valence-corrected chi connectivity index (χ1v) is 6.04. The quantitative estimate of drug-likeness (QED) is 0.819. The molecular weight excluding hydrogens is 342 g/mol. The summed E-state index contributed by atoms with van der Waals surface area (Å²) in [4.78, 5) is 11.1. The maximum Gasteiger partial charge on any atom is 0.307 e. The Balaban J connectivity index is 2.92. The average molecular weight is 353 g/mol. The van der Waals surface area contributed by atoms with Gasteiger partial charge in [0.05, 0.1) is 22.5 Å². The van der Waals surface area contributed by atoms with Crippen LogP contribution in [-0.4, -0.2) is 18.2 Å². The van der Waals surface area contributed by atoms with Crippen molar-refractivity contribution in [2.45, 2.75) is 12.5 Å². The van der Waals surface area contributed by atoms with Gasteiger partial charge in [0.2, 0.25) is 0 Å². The van der Waals surface area contributed by atoms with E-state index in [4.69, 9.17) is 5.73 Å². The molecule has 1 aromatic rings. The molecule has 0 aliphatic rings. The van der Waals surface area contributed by atoms with E-state index >= 15 is 0 Å². The second-order valence-electron chi connectivity index (χ2n) is 3.22. The smallest absolute Gasteiger partial charge is 0.307 e. The first-order chi connectivity index (χ1) is 7.45. The molecule has 3 N–H and O–H groups in total. The molecule has 0 bridgehead atoms. The number of phenolic OH excluding ortho intramolecular Hbond substituents is 1. The van der Waals surface area contributed by atoms with Crippen LogP contribution in [0.2, 0.25) is 0 Å². The Morgan fingerprint density at radius 1 is 1.50 bits per heavy atom. The topological polar surface area (TPSA) is 72.5 Å². The monoisotopic (exact) mass is 351 g/mol. The molecule has 0 heterocycles. The molecule has 0 amide bonds.